The van der Waals surface area contributed by atoms with Crippen LogP contribution in [-0.4, -0.2) is 37.0 Å². The first-order valence-corrected chi connectivity index (χ1v) is 7.63. The number of aromatic hydroxyl groups is 1. The molecule has 0 atom stereocenters. The second kappa shape index (κ2) is 8.10. The lowest BCUT2D eigenvalue weighted by Gasteiger charge is -2.11. The summed E-state index contributed by atoms with van der Waals surface area (Å²) in [6.45, 7) is 2.19. The molecule has 2 rings (SSSR count). The monoisotopic (exact) mass is 344 g/mol. The number of hydrogen-bond acceptors (Lipinski definition) is 5. The minimum atomic E-state index is -1.08. The highest BCUT2D eigenvalue weighted by atomic mass is 16.5. The van der Waals surface area contributed by atoms with Crippen molar-refractivity contribution < 1.29 is 29.2 Å². The van der Waals surface area contributed by atoms with Gasteiger partial charge in [-0.3, -0.25) is 0 Å². The van der Waals surface area contributed by atoms with Crippen molar-refractivity contribution in [2.75, 3.05) is 20.8 Å². The van der Waals surface area contributed by atoms with Crippen molar-refractivity contribution >= 4 is 17.6 Å². The van der Waals surface area contributed by atoms with Crippen LogP contribution < -0.4 is 14.2 Å². The molecule has 0 saturated carbocycles. The molecule has 0 bridgehead atoms. The molecule has 0 aliphatic heterocycles. The minimum absolute atomic E-state index is 0.00184. The fourth-order valence-corrected chi connectivity index (χ4v) is 2.33. The number of benzene rings is 2. The van der Waals surface area contributed by atoms with Crippen molar-refractivity contribution in [3.8, 4) is 23.0 Å². The Morgan fingerprint density at radius 1 is 1.04 bits per heavy atom. The molecule has 0 aromatic heterocycles. The van der Waals surface area contributed by atoms with Crippen LogP contribution in [0.5, 0.6) is 23.0 Å². The molecule has 0 fully saturated rings. The molecule has 2 N–H and O–H groups in total. The van der Waals surface area contributed by atoms with Crippen molar-refractivity contribution in [1.29, 1.82) is 0 Å². The summed E-state index contributed by atoms with van der Waals surface area (Å²) in [5.74, 6) is 0.167. The number of aliphatic carboxylic acids is 1. The summed E-state index contributed by atoms with van der Waals surface area (Å²) < 4.78 is 15.7. The Balaban J connectivity index is 2.50. The Hall–Kier alpha value is -3.15. The number of phenols is 1. The molecule has 0 heterocycles. The number of rotatable bonds is 7. The van der Waals surface area contributed by atoms with E-state index in [2.05, 4.69) is 0 Å². The average molecular weight is 344 g/mol. The summed E-state index contributed by atoms with van der Waals surface area (Å²) in [4.78, 5) is 11.7. The largest absolute Gasteiger partial charge is 0.504 e. The van der Waals surface area contributed by atoms with Crippen LogP contribution >= 0.6 is 0 Å². The SMILES string of the molecule is CCOc1cc(C=C(C(=O)O)c2ccc(OC)c(OC)c2)ccc1O. The van der Waals surface area contributed by atoms with E-state index in [1.807, 2.05) is 0 Å². The number of carboxylic acids is 1. The van der Waals surface area contributed by atoms with E-state index in [0.717, 1.165) is 0 Å². The summed E-state index contributed by atoms with van der Waals surface area (Å²) >= 11 is 0. The topological polar surface area (TPSA) is 85.2 Å². The predicted molar refractivity (Wildman–Crippen MR) is 94.3 cm³/mol. The maximum atomic E-state index is 11.7. The highest BCUT2D eigenvalue weighted by molar-refractivity contribution is 6.20. The molecule has 25 heavy (non-hydrogen) atoms. The van der Waals surface area contributed by atoms with Gasteiger partial charge in [-0.15, -0.1) is 0 Å². The van der Waals surface area contributed by atoms with Gasteiger partial charge in [0, 0.05) is 0 Å². The molecule has 0 radical (unpaired) electrons. The molecule has 0 unspecified atom stereocenters. The van der Waals surface area contributed by atoms with Gasteiger partial charge in [0.15, 0.2) is 23.0 Å². The molecule has 0 spiro atoms. The van der Waals surface area contributed by atoms with Gasteiger partial charge in [-0.25, -0.2) is 4.79 Å². The third kappa shape index (κ3) is 4.23. The van der Waals surface area contributed by atoms with Crippen LogP contribution in [0.4, 0.5) is 0 Å². The summed E-state index contributed by atoms with van der Waals surface area (Å²) in [5.41, 5.74) is 1.14. The van der Waals surface area contributed by atoms with E-state index >= 15 is 0 Å². The van der Waals surface area contributed by atoms with Crippen molar-refractivity contribution in [2.24, 2.45) is 0 Å². The Morgan fingerprint density at radius 2 is 1.76 bits per heavy atom. The van der Waals surface area contributed by atoms with Gasteiger partial charge in [0.2, 0.25) is 0 Å². The Morgan fingerprint density at radius 3 is 2.36 bits per heavy atom. The minimum Gasteiger partial charge on any atom is -0.504 e. The van der Waals surface area contributed by atoms with E-state index in [-0.39, 0.29) is 11.3 Å². The van der Waals surface area contributed by atoms with E-state index in [9.17, 15) is 15.0 Å². The quantitative estimate of drug-likeness (QED) is 0.591. The summed E-state index contributed by atoms with van der Waals surface area (Å²) in [6.07, 6.45) is 1.51. The zero-order chi connectivity index (χ0) is 18.4. The molecule has 2 aromatic rings. The maximum absolute atomic E-state index is 11.7. The van der Waals surface area contributed by atoms with E-state index in [0.29, 0.717) is 35.0 Å². The smallest absolute Gasteiger partial charge is 0.336 e. The second-order valence-corrected chi connectivity index (χ2v) is 5.09. The van der Waals surface area contributed by atoms with Crippen molar-refractivity contribution in [3.05, 3.63) is 47.5 Å². The zero-order valence-electron chi connectivity index (χ0n) is 14.3. The van der Waals surface area contributed by atoms with E-state index in [1.54, 1.807) is 37.3 Å². The number of carbonyl (C=O) groups is 1. The zero-order valence-corrected chi connectivity index (χ0v) is 14.3. The number of methoxy groups -OCH3 is 2. The van der Waals surface area contributed by atoms with Gasteiger partial charge in [0.1, 0.15) is 0 Å². The molecule has 132 valence electrons. The molecular formula is C19H20O6. The third-order valence-corrected chi connectivity index (χ3v) is 3.52. The standard InChI is InChI=1S/C19H20O6/c1-4-25-17-10-12(5-7-15(17)20)9-14(19(21)22)13-6-8-16(23-2)18(11-13)24-3/h5-11,20H,4H2,1-3H3,(H,21,22). The number of hydrogen-bond donors (Lipinski definition) is 2. The second-order valence-electron chi connectivity index (χ2n) is 5.09. The van der Waals surface area contributed by atoms with Crippen LogP contribution in [0.3, 0.4) is 0 Å². The fraction of sp³-hybridized carbons (Fsp3) is 0.211. The molecule has 2 aromatic carbocycles. The average Bonchev–Trinajstić information content (AvgIpc) is 2.61. The molecule has 0 amide bonds. The fourth-order valence-electron chi connectivity index (χ4n) is 2.33. The van der Waals surface area contributed by atoms with Crippen LogP contribution in [0, 0.1) is 0 Å². The van der Waals surface area contributed by atoms with Gasteiger partial charge in [-0.2, -0.15) is 0 Å². The highest BCUT2D eigenvalue weighted by Gasteiger charge is 2.14. The molecule has 0 aliphatic carbocycles. The van der Waals surface area contributed by atoms with Gasteiger partial charge in [0.25, 0.3) is 0 Å². The first-order valence-electron chi connectivity index (χ1n) is 7.63. The van der Waals surface area contributed by atoms with Gasteiger partial charge in [-0.1, -0.05) is 12.1 Å². The Labute approximate surface area is 145 Å². The van der Waals surface area contributed by atoms with Crippen LogP contribution in [0.1, 0.15) is 18.1 Å². The number of phenolic OH excluding ortho intramolecular Hbond substituents is 1. The first kappa shape index (κ1) is 18.2. The number of ether oxygens (including phenoxy) is 3. The maximum Gasteiger partial charge on any atom is 0.336 e. The lowest BCUT2D eigenvalue weighted by molar-refractivity contribution is -0.130. The van der Waals surface area contributed by atoms with E-state index in [1.165, 1.54) is 26.4 Å². The van der Waals surface area contributed by atoms with Gasteiger partial charge < -0.3 is 24.4 Å². The third-order valence-electron chi connectivity index (χ3n) is 3.52. The summed E-state index contributed by atoms with van der Waals surface area (Å²) in [6, 6.07) is 9.55. The Bertz CT molecular complexity index is 794. The van der Waals surface area contributed by atoms with Crippen LogP contribution in [0.2, 0.25) is 0 Å². The predicted octanol–water partition coefficient (Wildman–Crippen LogP) is 3.43. The lowest BCUT2D eigenvalue weighted by Crippen LogP contribution is -2.01. The van der Waals surface area contributed by atoms with Crippen LogP contribution in [-0.2, 0) is 4.79 Å². The van der Waals surface area contributed by atoms with Gasteiger partial charge in [0.05, 0.1) is 26.4 Å². The van der Waals surface area contributed by atoms with E-state index in [4.69, 9.17) is 14.2 Å². The molecular weight excluding hydrogens is 324 g/mol. The highest BCUT2D eigenvalue weighted by Crippen LogP contribution is 2.32. The van der Waals surface area contributed by atoms with Crippen LogP contribution in [0.15, 0.2) is 36.4 Å². The molecule has 6 heteroatoms. The van der Waals surface area contributed by atoms with Crippen molar-refractivity contribution in [2.45, 2.75) is 6.92 Å². The summed E-state index contributed by atoms with van der Waals surface area (Å²) in [7, 11) is 3.00. The van der Waals surface area contributed by atoms with Crippen LogP contribution in [0.25, 0.3) is 11.6 Å². The normalized spacial score (nSPS) is 11.1. The van der Waals surface area contributed by atoms with Crippen molar-refractivity contribution in [1.82, 2.24) is 0 Å². The molecule has 0 aliphatic rings. The summed E-state index contributed by atoms with van der Waals surface area (Å²) in [5, 5.41) is 19.3. The lowest BCUT2D eigenvalue weighted by atomic mass is 10.0. The van der Waals surface area contributed by atoms with Crippen molar-refractivity contribution in [3.63, 3.8) is 0 Å². The van der Waals surface area contributed by atoms with Gasteiger partial charge in [-0.05, 0) is 48.4 Å². The molecule has 6 nitrogen and oxygen atoms in total. The Kier molecular flexibility index (Phi) is 5.89. The van der Waals surface area contributed by atoms with E-state index < -0.39 is 5.97 Å². The first-order chi connectivity index (χ1) is 12.0. The molecule has 0 saturated heterocycles. The van der Waals surface area contributed by atoms with Gasteiger partial charge >= 0.3 is 5.97 Å². The number of carboxylic acid groups (broad SMARTS) is 1.